The third kappa shape index (κ3) is 3.92. The molecule has 2 N–H and O–H groups in total. The average Bonchev–Trinajstić information content (AvgIpc) is 2.95. The van der Waals surface area contributed by atoms with Crippen molar-refractivity contribution in [2.45, 2.75) is 30.9 Å². The maximum absolute atomic E-state index is 12.2. The van der Waals surface area contributed by atoms with E-state index in [1.54, 1.807) is 0 Å². The molecule has 1 saturated carbocycles. The predicted octanol–water partition coefficient (Wildman–Crippen LogP) is 2.41. The zero-order valence-corrected chi connectivity index (χ0v) is 13.6. The molecule has 0 amide bonds. The maximum atomic E-state index is 12.2. The minimum Gasteiger partial charge on any atom is -0.371 e. The summed E-state index contributed by atoms with van der Waals surface area (Å²) in [4.78, 5) is 10.4. The Labute approximate surface area is 127 Å². The van der Waals surface area contributed by atoms with E-state index in [9.17, 15) is 18.5 Å². The molecule has 1 aliphatic carbocycles. The summed E-state index contributed by atoms with van der Waals surface area (Å²) >= 11 is 0.904. The lowest BCUT2D eigenvalue weighted by molar-refractivity contribution is -0.383. The topological polar surface area (TPSA) is 101 Å². The summed E-state index contributed by atoms with van der Waals surface area (Å²) in [5.41, 5.74) is -0.186. The maximum Gasteiger partial charge on any atom is 0.304 e. The van der Waals surface area contributed by atoms with Crippen LogP contribution in [0.5, 0.6) is 0 Å². The quantitative estimate of drug-likeness (QED) is 0.562. The first kappa shape index (κ1) is 16.2. The fourth-order valence-corrected chi connectivity index (χ4v) is 4.46. The molecule has 0 spiro atoms. The van der Waals surface area contributed by atoms with Gasteiger partial charge in [-0.15, -0.1) is 0 Å². The second-order valence-electron chi connectivity index (χ2n) is 5.29. The highest BCUT2D eigenvalue weighted by atomic mass is 32.2. The Kier molecular flexibility index (Phi) is 4.84. The molecular formula is C12H19N3O4S2. The second-order valence-corrected chi connectivity index (χ2v) is 8.33. The normalized spacial score (nSPS) is 21.2. The molecule has 1 aromatic rings. The van der Waals surface area contributed by atoms with E-state index in [0.29, 0.717) is 29.9 Å². The van der Waals surface area contributed by atoms with Crippen LogP contribution in [0.4, 0.5) is 10.7 Å². The van der Waals surface area contributed by atoms with Crippen molar-refractivity contribution in [2.75, 3.05) is 18.4 Å². The third-order valence-corrected chi connectivity index (χ3v) is 6.48. The summed E-state index contributed by atoms with van der Waals surface area (Å²) in [5, 5.41) is 14.2. The van der Waals surface area contributed by atoms with Crippen LogP contribution in [0.25, 0.3) is 0 Å². The molecule has 1 aliphatic rings. The molecule has 118 valence electrons. The van der Waals surface area contributed by atoms with Crippen molar-refractivity contribution in [1.29, 1.82) is 0 Å². The summed E-state index contributed by atoms with van der Waals surface area (Å²) in [5.74, 6) is 0.930. The standard InChI is InChI=1S/C12H19N3O4S2/c1-3-4-13-12-10(15(16)17)6-11(20-12)21(18,19)14-7-9-5-8(9)2/h6,8-9,13-14H,3-5,7H2,1-2H3. The van der Waals surface area contributed by atoms with E-state index < -0.39 is 14.9 Å². The first-order valence-corrected chi connectivity index (χ1v) is 9.17. The van der Waals surface area contributed by atoms with Crippen LogP contribution < -0.4 is 10.0 Å². The molecule has 0 aliphatic heterocycles. The van der Waals surface area contributed by atoms with Gasteiger partial charge < -0.3 is 5.32 Å². The Morgan fingerprint density at radius 3 is 2.71 bits per heavy atom. The van der Waals surface area contributed by atoms with Gasteiger partial charge in [0.2, 0.25) is 10.0 Å². The van der Waals surface area contributed by atoms with Crippen LogP contribution in [-0.4, -0.2) is 26.4 Å². The van der Waals surface area contributed by atoms with Gasteiger partial charge in [-0.3, -0.25) is 10.1 Å². The number of sulfonamides is 1. The lowest BCUT2D eigenvalue weighted by atomic mass is 10.3. The van der Waals surface area contributed by atoms with Crippen molar-refractivity contribution in [2.24, 2.45) is 11.8 Å². The lowest BCUT2D eigenvalue weighted by Gasteiger charge is -2.03. The summed E-state index contributed by atoms with van der Waals surface area (Å²) in [7, 11) is -3.67. The Morgan fingerprint density at radius 1 is 1.52 bits per heavy atom. The molecule has 7 nitrogen and oxygen atoms in total. The van der Waals surface area contributed by atoms with Crippen molar-refractivity contribution >= 4 is 32.0 Å². The van der Waals surface area contributed by atoms with Crippen molar-refractivity contribution in [3.05, 3.63) is 16.2 Å². The van der Waals surface area contributed by atoms with Gasteiger partial charge in [-0.1, -0.05) is 25.2 Å². The second kappa shape index (κ2) is 6.29. The van der Waals surface area contributed by atoms with Crippen LogP contribution in [0.3, 0.4) is 0 Å². The van der Waals surface area contributed by atoms with E-state index in [-0.39, 0.29) is 9.90 Å². The van der Waals surface area contributed by atoms with Crippen molar-refractivity contribution in [3.8, 4) is 0 Å². The first-order chi connectivity index (χ1) is 9.85. The van der Waals surface area contributed by atoms with Gasteiger partial charge in [-0.2, -0.15) is 0 Å². The number of rotatable bonds is 8. The van der Waals surface area contributed by atoms with Crippen LogP contribution in [-0.2, 0) is 10.0 Å². The molecule has 2 unspecified atom stereocenters. The van der Waals surface area contributed by atoms with Crippen molar-refractivity contribution in [1.82, 2.24) is 4.72 Å². The van der Waals surface area contributed by atoms with Crippen LogP contribution >= 0.6 is 11.3 Å². The predicted molar refractivity (Wildman–Crippen MR) is 82.2 cm³/mol. The first-order valence-electron chi connectivity index (χ1n) is 6.87. The van der Waals surface area contributed by atoms with Crippen molar-refractivity contribution in [3.63, 3.8) is 0 Å². The van der Waals surface area contributed by atoms with Crippen LogP contribution in [0.1, 0.15) is 26.7 Å². The van der Waals surface area contributed by atoms with E-state index in [2.05, 4.69) is 17.0 Å². The fourth-order valence-electron chi connectivity index (χ4n) is 1.96. The van der Waals surface area contributed by atoms with Crippen LogP contribution in [0.15, 0.2) is 10.3 Å². The average molecular weight is 333 g/mol. The van der Waals surface area contributed by atoms with Gasteiger partial charge in [0.1, 0.15) is 4.21 Å². The Morgan fingerprint density at radius 2 is 2.19 bits per heavy atom. The monoisotopic (exact) mass is 333 g/mol. The summed E-state index contributed by atoms with van der Waals surface area (Å²) < 4.78 is 26.9. The third-order valence-electron chi connectivity index (χ3n) is 3.50. The molecule has 1 aromatic heterocycles. The molecule has 1 heterocycles. The van der Waals surface area contributed by atoms with Crippen LogP contribution in [0.2, 0.25) is 0 Å². The highest BCUT2D eigenvalue weighted by molar-refractivity contribution is 7.91. The molecule has 0 aromatic carbocycles. The molecule has 0 radical (unpaired) electrons. The molecule has 2 rings (SSSR count). The number of nitro groups is 1. The number of nitrogens with one attached hydrogen (secondary N) is 2. The Balaban J connectivity index is 2.15. The van der Waals surface area contributed by atoms with Gasteiger partial charge in [0.25, 0.3) is 0 Å². The number of hydrogen-bond acceptors (Lipinski definition) is 6. The van der Waals surface area contributed by atoms with E-state index in [1.165, 1.54) is 0 Å². The van der Waals surface area contributed by atoms with E-state index >= 15 is 0 Å². The number of anilines is 1. The largest absolute Gasteiger partial charge is 0.371 e. The van der Waals surface area contributed by atoms with Crippen molar-refractivity contribution < 1.29 is 13.3 Å². The molecule has 2 atom stereocenters. The van der Waals surface area contributed by atoms with Gasteiger partial charge in [0.05, 0.1) is 4.92 Å². The zero-order chi connectivity index (χ0) is 15.6. The van der Waals surface area contributed by atoms with E-state index in [1.807, 2.05) is 6.92 Å². The molecule has 21 heavy (non-hydrogen) atoms. The smallest absolute Gasteiger partial charge is 0.304 e. The van der Waals surface area contributed by atoms with E-state index in [0.717, 1.165) is 30.2 Å². The van der Waals surface area contributed by atoms with Gasteiger partial charge in [0.15, 0.2) is 5.00 Å². The number of nitrogens with zero attached hydrogens (tertiary/aromatic N) is 1. The van der Waals surface area contributed by atoms with Gasteiger partial charge >= 0.3 is 5.69 Å². The highest BCUT2D eigenvalue weighted by Gasteiger charge is 2.34. The molecule has 1 fully saturated rings. The lowest BCUT2D eigenvalue weighted by Crippen LogP contribution is -2.25. The van der Waals surface area contributed by atoms with Gasteiger partial charge in [0, 0.05) is 19.2 Å². The SMILES string of the molecule is CCCNc1sc(S(=O)(=O)NCC2CC2C)cc1[N+](=O)[O-]. The van der Waals surface area contributed by atoms with Gasteiger partial charge in [-0.05, 0) is 24.7 Å². The van der Waals surface area contributed by atoms with Crippen LogP contribution in [0, 0.1) is 22.0 Å². The van der Waals surface area contributed by atoms with Gasteiger partial charge in [-0.25, -0.2) is 13.1 Å². The minimum atomic E-state index is -3.67. The summed E-state index contributed by atoms with van der Waals surface area (Å²) in [6, 6.07) is 1.13. The van der Waals surface area contributed by atoms with E-state index in [4.69, 9.17) is 0 Å². The number of hydrogen-bond donors (Lipinski definition) is 2. The zero-order valence-electron chi connectivity index (χ0n) is 12.0. The molecule has 0 saturated heterocycles. The minimum absolute atomic E-state index is 0.0129. The summed E-state index contributed by atoms with van der Waals surface area (Å²) in [6.07, 6.45) is 1.82. The fraction of sp³-hybridized carbons (Fsp3) is 0.667. The Hall–Kier alpha value is -1.19. The Bertz CT molecular complexity index is 626. The molecule has 0 bridgehead atoms. The number of thiophene rings is 1. The summed E-state index contributed by atoms with van der Waals surface area (Å²) in [6.45, 7) is 4.96. The molecular weight excluding hydrogens is 314 g/mol. The molecule has 9 heteroatoms. The highest BCUT2D eigenvalue weighted by Crippen LogP contribution is 2.39.